The Morgan fingerprint density at radius 3 is 2.81 bits per heavy atom. The van der Waals surface area contributed by atoms with Crippen molar-refractivity contribution >= 4 is 0 Å². The zero-order valence-corrected chi connectivity index (χ0v) is 9.22. The van der Waals surface area contributed by atoms with E-state index in [4.69, 9.17) is 0 Å². The topological polar surface area (TPSA) is 50.7 Å². The van der Waals surface area contributed by atoms with Gasteiger partial charge in [-0.25, -0.2) is 0 Å². The molecule has 2 rings (SSSR count). The lowest BCUT2D eigenvalue weighted by Gasteiger charge is -2.03. The van der Waals surface area contributed by atoms with Gasteiger partial charge in [0.1, 0.15) is 0 Å². The highest BCUT2D eigenvalue weighted by molar-refractivity contribution is 5.13. The maximum absolute atomic E-state index is 4.24. The minimum Gasteiger partial charge on any atom is -0.307 e. The number of pyridine rings is 1. The monoisotopic (exact) mass is 214 g/mol. The second kappa shape index (κ2) is 5.32. The number of aryl methyl sites for hydroxylation is 1. The summed E-state index contributed by atoms with van der Waals surface area (Å²) in [6, 6.07) is 7.93. The van der Waals surface area contributed by atoms with Crippen LogP contribution in [-0.2, 0) is 13.1 Å². The molecule has 0 fully saturated rings. The quantitative estimate of drug-likeness (QED) is 0.837. The lowest BCUT2D eigenvalue weighted by molar-refractivity contribution is 0.668. The molecule has 0 bridgehead atoms. The Kier molecular flexibility index (Phi) is 3.56. The molecule has 16 heavy (non-hydrogen) atoms. The molecular weight excluding hydrogens is 200 g/mol. The smallest absolute Gasteiger partial charge is 0.0769 e. The Bertz CT molecular complexity index is 425. The van der Waals surface area contributed by atoms with Crippen LogP contribution in [0.1, 0.15) is 17.0 Å². The number of hydrogen-bond acceptors (Lipinski definition) is 4. The number of rotatable bonds is 4. The Morgan fingerprint density at radius 2 is 2.12 bits per heavy atom. The van der Waals surface area contributed by atoms with Gasteiger partial charge in [-0.15, -0.1) is 0 Å². The summed E-state index contributed by atoms with van der Waals surface area (Å²) in [5, 5.41) is 11.1. The van der Waals surface area contributed by atoms with Crippen LogP contribution in [0.2, 0.25) is 0 Å². The highest BCUT2D eigenvalue weighted by Gasteiger charge is 1.95. The van der Waals surface area contributed by atoms with E-state index in [1.807, 2.05) is 31.3 Å². The summed E-state index contributed by atoms with van der Waals surface area (Å²) in [7, 11) is 0. The van der Waals surface area contributed by atoms with Gasteiger partial charge < -0.3 is 5.32 Å². The number of aromatic nitrogens is 3. The van der Waals surface area contributed by atoms with Gasteiger partial charge in [0.2, 0.25) is 0 Å². The average Bonchev–Trinajstić information content (AvgIpc) is 2.33. The van der Waals surface area contributed by atoms with E-state index < -0.39 is 0 Å². The lowest BCUT2D eigenvalue weighted by Crippen LogP contribution is -2.14. The molecule has 0 saturated heterocycles. The SMILES string of the molecule is Cc1ccc(CNCc2cccnn2)cn1. The fourth-order valence-electron chi connectivity index (χ4n) is 1.37. The summed E-state index contributed by atoms with van der Waals surface area (Å²) in [6.07, 6.45) is 3.56. The number of nitrogens with one attached hydrogen (secondary N) is 1. The molecule has 0 unspecified atom stereocenters. The van der Waals surface area contributed by atoms with Gasteiger partial charge in [-0.3, -0.25) is 4.98 Å². The summed E-state index contributed by atoms with van der Waals surface area (Å²) >= 11 is 0. The zero-order valence-electron chi connectivity index (χ0n) is 9.22. The summed E-state index contributed by atoms with van der Waals surface area (Å²) < 4.78 is 0. The maximum atomic E-state index is 4.24. The van der Waals surface area contributed by atoms with Crippen molar-refractivity contribution in [3.05, 3.63) is 53.6 Å². The Balaban J connectivity index is 1.82. The van der Waals surface area contributed by atoms with Gasteiger partial charge in [0, 0.05) is 31.2 Å². The van der Waals surface area contributed by atoms with E-state index in [2.05, 4.69) is 26.6 Å². The third kappa shape index (κ3) is 3.10. The molecule has 0 aromatic carbocycles. The van der Waals surface area contributed by atoms with Crippen molar-refractivity contribution in [1.29, 1.82) is 0 Å². The molecule has 0 saturated carbocycles. The van der Waals surface area contributed by atoms with E-state index in [0.717, 1.165) is 24.5 Å². The minimum atomic E-state index is 0.724. The van der Waals surface area contributed by atoms with Gasteiger partial charge >= 0.3 is 0 Å². The Morgan fingerprint density at radius 1 is 1.19 bits per heavy atom. The average molecular weight is 214 g/mol. The van der Waals surface area contributed by atoms with Crippen molar-refractivity contribution < 1.29 is 0 Å². The number of nitrogens with zero attached hydrogens (tertiary/aromatic N) is 3. The molecule has 0 spiro atoms. The second-order valence-electron chi connectivity index (χ2n) is 3.63. The number of hydrogen-bond donors (Lipinski definition) is 1. The molecule has 0 aliphatic heterocycles. The van der Waals surface area contributed by atoms with Gasteiger partial charge in [0.05, 0.1) is 5.69 Å². The molecule has 0 atom stereocenters. The van der Waals surface area contributed by atoms with Crippen molar-refractivity contribution in [3.63, 3.8) is 0 Å². The van der Waals surface area contributed by atoms with E-state index >= 15 is 0 Å². The summed E-state index contributed by atoms with van der Waals surface area (Å²) in [5.41, 5.74) is 3.16. The summed E-state index contributed by atoms with van der Waals surface area (Å²) in [4.78, 5) is 4.24. The van der Waals surface area contributed by atoms with Crippen LogP contribution >= 0.6 is 0 Å². The zero-order chi connectivity index (χ0) is 11.2. The third-order valence-corrected chi connectivity index (χ3v) is 2.24. The molecule has 2 aromatic rings. The predicted molar refractivity (Wildman–Crippen MR) is 61.5 cm³/mol. The molecule has 0 amide bonds. The first kappa shape index (κ1) is 10.7. The molecule has 4 nitrogen and oxygen atoms in total. The van der Waals surface area contributed by atoms with Crippen molar-refractivity contribution in [2.75, 3.05) is 0 Å². The fraction of sp³-hybridized carbons (Fsp3) is 0.250. The van der Waals surface area contributed by atoms with Crippen LogP contribution in [-0.4, -0.2) is 15.2 Å². The van der Waals surface area contributed by atoms with Crippen molar-refractivity contribution in [2.45, 2.75) is 20.0 Å². The van der Waals surface area contributed by atoms with Gasteiger partial charge in [-0.1, -0.05) is 6.07 Å². The predicted octanol–water partition coefficient (Wildman–Crippen LogP) is 1.47. The van der Waals surface area contributed by atoms with Crippen molar-refractivity contribution in [2.24, 2.45) is 0 Å². The van der Waals surface area contributed by atoms with E-state index in [0.29, 0.717) is 0 Å². The summed E-state index contributed by atoms with van der Waals surface area (Å²) in [6.45, 7) is 3.50. The van der Waals surface area contributed by atoms with Crippen LogP contribution in [0, 0.1) is 6.92 Å². The largest absolute Gasteiger partial charge is 0.307 e. The summed E-state index contributed by atoms with van der Waals surface area (Å²) in [5.74, 6) is 0. The molecule has 2 heterocycles. The minimum absolute atomic E-state index is 0.724. The second-order valence-corrected chi connectivity index (χ2v) is 3.63. The van der Waals surface area contributed by atoms with Crippen LogP contribution in [0.4, 0.5) is 0 Å². The first-order valence-corrected chi connectivity index (χ1v) is 5.23. The molecule has 0 aliphatic carbocycles. The van der Waals surface area contributed by atoms with Crippen LogP contribution in [0.5, 0.6) is 0 Å². The molecule has 0 radical (unpaired) electrons. The van der Waals surface area contributed by atoms with Gasteiger partial charge in [-0.2, -0.15) is 10.2 Å². The Hall–Kier alpha value is -1.81. The highest BCUT2D eigenvalue weighted by atomic mass is 15.1. The van der Waals surface area contributed by atoms with Crippen molar-refractivity contribution in [3.8, 4) is 0 Å². The highest BCUT2D eigenvalue weighted by Crippen LogP contribution is 1.99. The molecule has 82 valence electrons. The van der Waals surface area contributed by atoms with E-state index in [9.17, 15) is 0 Å². The van der Waals surface area contributed by atoms with E-state index in [1.54, 1.807) is 6.20 Å². The van der Waals surface area contributed by atoms with Gasteiger partial charge in [-0.05, 0) is 30.7 Å². The molecule has 4 heteroatoms. The lowest BCUT2D eigenvalue weighted by atomic mass is 10.2. The van der Waals surface area contributed by atoms with Crippen LogP contribution < -0.4 is 5.32 Å². The molecule has 0 aliphatic rings. The van der Waals surface area contributed by atoms with E-state index in [-0.39, 0.29) is 0 Å². The first-order chi connectivity index (χ1) is 7.84. The van der Waals surface area contributed by atoms with E-state index in [1.165, 1.54) is 5.56 Å². The van der Waals surface area contributed by atoms with Crippen LogP contribution in [0.3, 0.4) is 0 Å². The standard InChI is InChI=1S/C12H14N4/c1-10-4-5-11(8-14-10)7-13-9-12-3-2-6-15-16-12/h2-6,8,13H,7,9H2,1H3. The molecule has 1 N–H and O–H groups in total. The van der Waals surface area contributed by atoms with Crippen LogP contribution in [0.25, 0.3) is 0 Å². The maximum Gasteiger partial charge on any atom is 0.0769 e. The van der Waals surface area contributed by atoms with Crippen LogP contribution in [0.15, 0.2) is 36.7 Å². The van der Waals surface area contributed by atoms with Crippen molar-refractivity contribution in [1.82, 2.24) is 20.5 Å². The molecular formula is C12H14N4. The Labute approximate surface area is 94.8 Å². The fourth-order valence-corrected chi connectivity index (χ4v) is 1.37. The third-order valence-electron chi connectivity index (χ3n) is 2.24. The molecule has 2 aromatic heterocycles. The van der Waals surface area contributed by atoms with Gasteiger partial charge in [0.15, 0.2) is 0 Å². The first-order valence-electron chi connectivity index (χ1n) is 5.23. The van der Waals surface area contributed by atoms with Gasteiger partial charge in [0.25, 0.3) is 0 Å². The normalized spacial score (nSPS) is 10.3.